The zero-order valence-corrected chi connectivity index (χ0v) is 13.0. The minimum atomic E-state index is -3.47. The van der Waals surface area contributed by atoms with E-state index in [4.69, 9.17) is 4.52 Å². The highest BCUT2D eigenvalue weighted by Gasteiger charge is 2.38. The van der Waals surface area contributed by atoms with Crippen LogP contribution in [-0.2, 0) is 9.09 Å². The number of nitrogens with one attached hydrogen (secondary N) is 2. The lowest BCUT2D eigenvalue weighted by Gasteiger charge is -2.46. The fraction of sp³-hybridized carbons (Fsp3) is 1.00. The molecule has 0 amide bonds. The molecule has 5 nitrogen and oxygen atoms in total. The molecule has 1 saturated heterocycles. The molecule has 0 spiro atoms. The van der Waals surface area contributed by atoms with Gasteiger partial charge in [0.15, 0.2) is 0 Å². The highest BCUT2D eigenvalue weighted by Crippen LogP contribution is 2.40. The van der Waals surface area contributed by atoms with Crippen molar-refractivity contribution >= 4 is 7.60 Å². The molecular weight excluding hydrogens is 251 g/mol. The van der Waals surface area contributed by atoms with Crippen LogP contribution in [0.4, 0.5) is 0 Å². The molecular formula is C12H27N2O3P. The van der Waals surface area contributed by atoms with Crippen LogP contribution >= 0.6 is 7.60 Å². The van der Waals surface area contributed by atoms with Crippen LogP contribution in [0, 0.1) is 0 Å². The molecule has 0 aromatic rings. The van der Waals surface area contributed by atoms with Crippen molar-refractivity contribution in [2.75, 3.05) is 12.9 Å². The van der Waals surface area contributed by atoms with Crippen molar-refractivity contribution < 1.29 is 14.0 Å². The maximum absolute atomic E-state index is 11.6. The molecule has 0 aromatic heterocycles. The Balaban J connectivity index is 2.55. The Morgan fingerprint density at radius 3 is 2.28 bits per heavy atom. The Bertz CT molecular complexity index is 315. The average Bonchev–Trinajstić information content (AvgIpc) is 2.10. The molecule has 6 heteroatoms. The molecule has 1 unspecified atom stereocenters. The van der Waals surface area contributed by atoms with Gasteiger partial charge in [-0.2, -0.15) is 0 Å². The molecule has 3 N–H and O–H groups in total. The van der Waals surface area contributed by atoms with Crippen molar-refractivity contribution in [2.24, 2.45) is 0 Å². The zero-order valence-electron chi connectivity index (χ0n) is 12.1. The highest BCUT2D eigenvalue weighted by atomic mass is 31.2. The van der Waals surface area contributed by atoms with Crippen LogP contribution in [0.3, 0.4) is 0 Å². The SMILES string of the molecule is CCOP(=O)(O)CNC1CC(C)(C)NC(C)(C)C1. The lowest BCUT2D eigenvalue weighted by atomic mass is 9.80. The second-order valence-electron chi connectivity index (χ2n) is 6.42. The van der Waals surface area contributed by atoms with Gasteiger partial charge in [-0.15, -0.1) is 0 Å². The van der Waals surface area contributed by atoms with E-state index in [1.807, 2.05) is 0 Å². The minimum absolute atomic E-state index is 0.0255. The van der Waals surface area contributed by atoms with Gasteiger partial charge in [0.25, 0.3) is 0 Å². The third kappa shape index (κ3) is 5.37. The quantitative estimate of drug-likeness (QED) is 0.672. The Labute approximate surface area is 110 Å². The molecule has 1 aliphatic heterocycles. The van der Waals surface area contributed by atoms with E-state index < -0.39 is 7.60 Å². The normalized spacial score (nSPS) is 26.8. The summed E-state index contributed by atoms with van der Waals surface area (Å²) in [4.78, 5) is 9.56. The molecule has 0 aromatic carbocycles. The predicted octanol–water partition coefficient (Wildman–Crippen LogP) is 2.06. The Morgan fingerprint density at radius 1 is 1.33 bits per heavy atom. The minimum Gasteiger partial charge on any atom is -0.323 e. The van der Waals surface area contributed by atoms with Gasteiger partial charge in [-0.3, -0.25) is 4.57 Å². The third-order valence-corrected chi connectivity index (χ3v) is 4.34. The standard InChI is InChI=1S/C12H27N2O3P/c1-6-17-18(15,16)9-13-10-7-11(2,3)14-12(4,5)8-10/h10,13-14H,6-9H2,1-5H3,(H,15,16). The van der Waals surface area contributed by atoms with Gasteiger partial charge in [-0.25, -0.2) is 0 Å². The molecule has 0 bridgehead atoms. The molecule has 1 heterocycles. The maximum Gasteiger partial charge on any atom is 0.341 e. The summed E-state index contributed by atoms with van der Waals surface area (Å²) in [5, 5.41) is 6.76. The van der Waals surface area contributed by atoms with Crippen molar-refractivity contribution in [2.45, 2.75) is 64.6 Å². The van der Waals surface area contributed by atoms with Gasteiger partial charge in [-0.1, -0.05) is 0 Å². The topological polar surface area (TPSA) is 70.6 Å². The summed E-state index contributed by atoms with van der Waals surface area (Å²) in [6.45, 7) is 10.6. The summed E-state index contributed by atoms with van der Waals surface area (Å²) in [5.74, 6) is 0. The average molecular weight is 278 g/mol. The third-order valence-electron chi connectivity index (χ3n) is 3.10. The summed E-state index contributed by atoms with van der Waals surface area (Å²) < 4.78 is 16.5. The Hall–Kier alpha value is 0.0700. The monoisotopic (exact) mass is 278 g/mol. The van der Waals surface area contributed by atoms with Crippen LogP contribution in [0.15, 0.2) is 0 Å². The van der Waals surface area contributed by atoms with Gasteiger partial charge in [0.05, 0.1) is 12.9 Å². The van der Waals surface area contributed by atoms with E-state index in [2.05, 4.69) is 38.3 Å². The zero-order chi connectivity index (χ0) is 14.0. The molecule has 1 rings (SSSR count). The molecule has 18 heavy (non-hydrogen) atoms. The smallest absolute Gasteiger partial charge is 0.323 e. The molecule has 1 aliphatic rings. The molecule has 108 valence electrons. The fourth-order valence-corrected chi connectivity index (χ4v) is 3.94. The van der Waals surface area contributed by atoms with Crippen LogP contribution in [-0.4, -0.2) is 34.9 Å². The first-order valence-corrected chi connectivity index (χ1v) is 8.31. The van der Waals surface area contributed by atoms with Crippen LogP contribution in [0.2, 0.25) is 0 Å². The number of hydrogen-bond donors (Lipinski definition) is 3. The molecule has 0 aliphatic carbocycles. The highest BCUT2D eigenvalue weighted by molar-refractivity contribution is 7.52. The lowest BCUT2D eigenvalue weighted by Crippen LogP contribution is -2.61. The molecule has 1 fully saturated rings. The number of hydrogen-bond acceptors (Lipinski definition) is 4. The lowest BCUT2D eigenvalue weighted by molar-refractivity contribution is 0.147. The van der Waals surface area contributed by atoms with E-state index in [0.717, 1.165) is 12.8 Å². The van der Waals surface area contributed by atoms with Crippen LogP contribution in [0.25, 0.3) is 0 Å². The molecule has 0 saturated carbocycles. The van der Waals surface area contributed by atoms with Crippen LogP contribution in [0.5, 0.6) is 0 Å². The predicted molar refractivity (Wildman–Crippen MR) is 73.8 cm³/mol. The summed E-state index contributed by atoms with van der Waals surface area (Å²) >= 11 is 0. The van der Waals surface area contributed by atoms with E-state index in [-0.39, 0.29) is 30.0 Å². The van der Waals surface area contributed by atoms with Crippen LogP contribution < -0.4 is 10.6 Å². The first-order valence-electron chi connectivity index (χ1n) is 6.54. The first-order chi connectivity index (χ1) is 8.05. The van der Waals surface area contributed by atoms with Crippen molar-refractivity contribution in [1.29, 1.82) is 0 Å². The van der Waals surface area contributed by atoms with Gasteiger partial charge in [0, 0.05) is 17.1 Å². The van der Waals surface area contributed by atoms with E-state index in [1.54, 1.807) is 6.92 Å². The Morgan fingerprint density at radius 2 is 1.83 bits per heavy atom. The second kappa shape index (κ2) is 5.59. The van der Waals surface area contributed by atoms with Gasteiger partial charge in [0.2, 0.25) is 0 Å². The molecule has 0 radical (unpaired) electrons. The van der Waals surface area contributed by atoms with E-state index in [1.165, 1.54) is 0 Å². The van der Waals surface area contributed by atoms with Crippen LogP contribution in [0.1, 0.15) is 47.5 Å². The second-order valence-corrected chi connectivity index (χ2v) is 8.26. The maximum atomic E-state index is 11.6. The summed E-state index contributed by atoms with van der Waals surface area (Å²) in [6.07, 6.45) is 1.89. The van der Waals surface area contributed by atoms with Gasteiger partial charge in [-0.05, 0) is 47.5 Å². The van der Waals surface area contributed by atoms with E-state index in [9.17, 15) is 9.46 Å². The number of piperidine rings is 1. The summed E-state index contributed by atoms with van der Waals surface area (Å²) in [7, 11) is -3.47. The van der Waals surface area contributed by atoms with Gasteiger partial charge >= 0.3 is 7.60 Å². The van der Waals surface area contributed by atoms with Gasteiger partial charge in [0.1, 0.15) is 0 Å². The van der Waals surface area contributed by atoms with E-state index >= 15 is 0 Å². The molecule has 1 atom stereocenters. The van der Waals surface area contributed by atoms with Crippen molar-refractivity contribution in [1.82, 2.24) is 10.6 Å². The van der Waals surface area contributed by atoms with E-state index in [0.29, 0.717) is 0 Å². The summed E-state index contributed by atoms with van der Waals surface area (Å²) in [6, 6.07) is 0.234. The van der Waals surface area contributed by atoms with Crippen molar-refractivity contribution in [3.05, 3.63) is 0 Å². The van der Waals surface area contributed by atoms with Crippen molar-refractivity contribution in [3.8, 4) is 0 Å². The number of rotatable bonds is 5. The Kier molecular flexibility index (Phi) is 5.01. The van der Waals surface area contributed by atoms with Crippen molar-refractivity contribution in [3.63, 3.8) is 0 Å². The summed E-state index contributed by atoms with van der Waals surface area (Å²) in [5.41, 5.74) is 0.0644. The fourth-order valence-electron chi connectivity index (χ4n) is 2.96. The largest absolute Gasteiger partial charge is 0.341 e. The van der Waals surface area contributed by atoms with Gasteiger partial charge < -0.3 is 20.1 Å². The first kappa shape index (κ1) is 16.1.